The molecule has 86 valence electrons. The van der Waals surface area contributed by atoms with E-state index >= 15 is 0 Å². The van der Waals surface area contributed by atoms with E-state index in [4.69, 9.17) is 5.26 Å². The summed E-state index contributed by atoms with van der Waals surface area (Å²) in [6, 6.07) is 3.44. The molecule has 0 aromatic carbocycles. The summed E-state index contributed by atoms with van der Waals surface area (Å²) in [4.78, 5) is 0. The van der Waals surface area contributed by atoms with Crippen LogP contribution in [0.25, 0.3) is 0 Å². The van der Waals surface area contributed by atoms with Crippen LogP contribution in [0, 0.1) is 23.2 Å². The maximum atomic E-state index is 8.98. The lowest BCUT2D eigenvalue weighted by Crippen LogP contribution is -2.38. The summed E-state index contributed by atoms with van der Waals surface area (Å²) in [7, 11) is 0. The van der Waals surface area contributed by atoms with Gasteiger partial charge in [-0.1, -0.05) is 20.3 Å². The van der Waals surface area contributed by atoms with Crippen LogP contribution in [-0.2, 0) is 0 Å². The molecule has 0 aromatic heterocycles. The van der Waals surface area contributed by atoms with Crippen LogP contribution in [0.1, 0.15) is 52.9 Å². The summed E-state index contributed by atoms with van der Waals surface area (Å²) >= 11 is 0. The molecule has 1 saturated carbocycles. The van der Waals surface area contributed by atoms with Gasteiger partial charge in [0, 0.05) is 12.1 Å². The molecule has 0 saturated heterocycles. The molecule has 3 atom stereocenters. The van der Waals surface area contributed by atoms with E-state index in [-0.39, 0.29) is 5.92 Å². The maximum Gasteiger partial charge on any atom is 0.0672 e. The molecular formula is C13H24N2. The van der Waals surface area contributed by atoms with Crippen LogP contribution in [0.15, 0.2) is 0 Å². The second-order valence-corrected chi connectivity index (χ2v) is 5.31. The second-order valence-electron chi connectivity index (χ2n) is 5.31. The molecule has 1 N–H and O–H groups in total. The van der Waals surface area contributed by atoms with Crippen LogP contribution in [0.2, 0.25) is 0 Å². The number of rotatable bonds is 5. The van der Waals surface area contributed by atoms with Crippen LogP contribution < -0.4 is 5.32 Å². The summed E-state index contributed by atoms with van der Waals surface area (Å²) in [6.45, 7) is 6.77. The van der Waals surface area contributed by atoms with Crippen molar-refractivity contribution in [1.29, 1.82) is 5.26 Å². The van der Waals surface area contributed by atoms with Gasteiger partial charge in [-0.2, -0.15) is 5.26 Å². The van der Waals surface area contributed by atoms with Crippen LogP contribution >= 0.6 is 0 Å². The third-order valence-electron chi connectivity index (χ3n) is 3.36. The van der Waals surface area contributed by atoms with E-state index in [9.17, 15) is 0 Å². The minimum Gasteiger partial charge on any atom is -0.310 e. The minimum atomic E-state index is 0.256. The molecule has 0 aliphatic heterocycles. The molecule has 0 aromatic rings. The Labute approximate surface area is 94.1 Å². The van der Waals surface area contributed by atoms with Gasteiger partial charge in [0.2, 0.25) is 0 Å². The first-order chi connectivity index (χ1) is 7.13. The smallest absolute Gasteiger partial charge is 0.0672 e. The van der Waals surface area contributed by atoms with Crippen molar-refractivity contribution >= 4 is 0 Å². The number of hydrogen-bond donors (Lipinski definition) is 1. The lowest BCUT2D eigenvalue weighted by molar-refractivity contribution is 0.376. The number of nitrogens with zero attached hydrogens (tertiary/aromatic N) is 1. The molecule has 0 bridgehead atoms. The fourth-order valence-corrected chi connectivity index (χ4v) is 2.35. The SMILES string of the molecule is CC(C)CCC(C)NC1CCCC1C#N. The average molecular weight is 208 g/mol. The van der Waals surface area contributed by atoms with Crippen molar-refractivity contribution in [2.45, 2.75) is 65.0 Å². The maximum absolute atomic E-state index is 8.98. The van der Waals surface area contributed by atoms with Crippen molar-refractivity contribution in [2.24, 2.45) is 11.8 Å². The standard InChI is InChI=1S/C13H24N2/c1-10(2)7-8-11(3)15-13-6-4-5-12(13)9-14/h10-13,15H,4-8H2,1-3H3. The Kier molecular flexibility index (Phi) is 5.11. The Morgan fingerprint density at radius 1 is 1.27 bits per heavy atom. The minimum absolute atomic E-state index is 0.256. The van der Waals surface area contributed by atoms with Gasteiger partial charge in [-0.3, -0.25) is 0 Å². The second kappa shape index (κ2) is 6.12. The van der Waals surface area contributed by atoms with Crippen molar-refractivity contribution in [3.8, 4) is 6.07 Å². The fraction of sp³-hybridized carbons (Fsp3) is 0.923. The first-order valence-electron chi connectivity index (χ1n) is 6.29. The molecule has 2 nitrogen and oxygen atoms in total. The molecule has 2 heteroatoms. The van der Waals surface area contributed by atoms with Gasteiger partial charge in [-0.05, 0) is 38.5 Å². The van der Waals surface area contributed by atoms with Gasteiger partial charge in [0.05, 0.1) is 12.0 Å². The summed E-state index contributed by atoms with van der Waals surface area (Å²) in [6.07, 6.45) is 5.99. The lowest BCUT2D eigenvalue weighted by Gasteiger charge is -2.22. The van der Waals surface area contributed by atoms with Crippen molar-refractivity contribution in [3.05, 3.63) is 0 Å². The number of hydrogen-bond acceptors (Lipinski definition) is 2. The molecule has 0 spiro atoms. The first-order valence-corrected chi connectivity index (χ1v) is 6.29. The summed E-state index contributed by atoms with van der Waals surface area (Å²) in [5, 5.41) is 12.6. The predicted molar refractivity (Wildman–Crippen MR) is 63.4 cm³/mol. The van der Waals surface area contributed by atoms with Crippen LogP contribution in [0.3, 0.4) is 0 Å². The van der Waals surface area contributed by atoms with Crippen LogP contribution in [-0.4, -0.2) is 12.1 Å². The Balaban J connectivity index is 2.25. The normalized spacial score (nSPS) is 27.9. The van der Waals surface area contributed by atoms with Gasteiger partial charge >= 0.3 is 0 Å². The van der Waals surface area contributed by atoms with Gasteiger partial charge in [0.15, 0.2) is 0 Å². The number of nitriles is 1. The molecule has 0 radical (unpaired) electrons. The van der Waals surface area contributed by atoms with E-state index < -0.39 is 0 Å². The Bertz CT molecular complexity index is 217. The zero-order valence-electron chi connectivity index (χ0n) is 10.3. The Morgan fingerprint density at radius 2 is 2.00 bits per heavy atom. The Morgan fingerprint density at radius 3 is 2.60 bits per heavy atom. The van der Waals surface area contributed by atoms with Crippen molar-refractivity contribution in [3.63, 3.8) is 0 Å². The zero-order valence-corrected chi connectivity index (χ0v) is 10.3. The van der Waals surface area contributed by atoms with Crippen LogP contribution in [0.5, 0.6) is 0 Å². The first kappa shape index (κ1) is 12.5. The predicted octanol–water partition coefficient (Wildman–Crippen LogP) is 3.09. The van der Waals surface area contributed by atoms with E-state index in [1.54, 1.807) is 0 Å². The lowest BCUT2D eigenvalue weighted by atomic mass is 10.0. The monoisotopic (exact) mass is 208 g/mol. The van der Waals surface area contributed by atoms with E-state index in [0.717, 1.165) is 12.3 Å². The highest BCUT2D eigenvalue weighted by atomic mass is 15.0. The molecular weight excluding hydrogens is 184 g/mol. The van der Waals surface area contributed by atoms with Crippen LogP contribution in [0.4, 0.5) is 0 Å². The quantitative estimate of drug-likeness (QED) is 0.753. The van der Waals surface area contributed by atoms with E-state index in [2.05, 4.69) is 32.2 Å². The summed E-state index contributed by atoms with van der Waals surface area (Å²) in [5.41, 5.74) is 0. The third kappa shape index (κ3) is 4.22. The van der Waals surface area contributed by atoms with Gasteiger partial charge in [-0.25, -0.2) is 0 Å². The summed E-state index contributed by atoms with van der Waals surface area (Å²) in [5.74, 6) is 1.04. The molecule has 1 fully saturated rings. The molecule has 0 amide bonds. The fourth-order valence-electron chi connectivity index (χ4n) is 2.35. The van der Waals surface area contributed by atoms with Gasteiger partial charge in [-0.15, -0.1) is 0 Å². The average Bonchev–Trinajstić information content (AvgIpc) is 2.62. The molecule has 15 heavy (non-hydrogen) atoms. The number of nitrogens with one attached hydrogen (secondary N) is 1. The third-order valence-corrected chi connectivity index (χ3v) is 3.36. The molecule has 3 unspecified atom stereocenters. The van der Waals surface area contributed by atoms with E-state index in [0.29, 0.717) is 12.1 Å². The van der Waals surface area contributed by atoms with Crippen molar-refractivity contribution < 1.29 is 0 Å². The highest BCUT2D eigenvalue weighted by molar-refractivity contribution is 4.97. The summed E-state index contributed by atoms with van der Waals surface area (Å²) < 4.78 is 0. The molecule has 1 rings (SSSR count). The van der Waals surface area contributed by atoms with E-state index in [1.807, 2.05) is 0 Å². The largest absolute Gasteiger partial charge is 0.310 e. The molecule has 0 heterocycles. The molecule has 1 aliphatic carbocycles. The highest BCUT2D eigenvalue weighted by Crippen LogP contribution is 2.25. The molecule has 1 aliphatic rings. The highest BCUT2D eigenvalue weighted by Gasteiger charge is 2.27. The van der Waals surface area contributed by atoms with Gasteiger partial charge in [0.1, 0.15) is 0 Å². The zero-order chi connectivity index (χ0) is 11.3. The van der Waals surface area contributed by atoms with Crippen molar-refractivity contribution in [1.82, 2.24) is 5.32 Å². The van der Waals surface area contributed by atoms with Gasteiger partial charge in [0.25, 0.3) is 0 Å². The van der Waals surface area contributed by atoms with Gasteiger partial charge < -0.3 is 5.32 Å². The van der Waals surface area contributed by atoms with Crippen molar-refractivity contribution in [2.75, 3.05) is 0 Å². The Hall–Kier alpha value is -0.550. The topological polar surface area (TPSA) is 35.8 Å². The van der Waals surface area contributed by atoms with E-state index in [1.165, 1.54) is 25.7 Å².